The molecule has 0 radical (unpaired) electrons. The molecule has 2 N–H and O–H groups in total. The second-order valence-corrected chi connectivity index (χ2v) is 17.4. The maximum absolute atomic E-state index is 9.84. The van der Waals surface area contributed by atoms with E-state index in [1.807, 2.05) is 45.0 Å². The van der Waals surface area contributed by atoms with E-state index in [-0.39, 0.29) is 37.5 Å². The zero-order valence-electron chi connectivity index (χ0n) is 34.6. The van der Waals surface area contributed by atoms with Crippen LogP contribution in [0.5, 0.6) is 23.0 Å². The Morgan fingerprint density at radius 1 is 0.649 bits per heavy atom. The van der Waals surface area contributed by atoms with Crippen LogP contribution in [0.3, 0.4) is 0 Å². The number of aromatic hydroxyl groups is 2. The highest BCUT2D eigenvalue weighted by molar-refractivity contribution is 6.38. The fourth-order valence-corrected chi connectivity index (χ4v) is 7.35. The van der Waals surface area contributed by atoms with Crippen LogP contribution in [0.25, 0.3) is 0 Å². The molecule has 4 rings (SSSR count). The number of halogens is 6. The summed E-state index contributed by atoms with van der Waals surface area (Å²) in [5.41, 5.74) is 5.37. The molecule has 0 aliphatic carbocycles. The Bertz CT molecular complexity index is 1860. The monoisotopic (exact) mass is 896 g/mol. The summed E-state index contributed by atoms with van der Waals surface area (Å²) in [4.78, 5) is 0. The third-order valence-electron chi connectivity index (χ3n) is 10.2. The van der Waals surface area contributed by atoms with Gasteiger partial charge in [-0.2, -0.15) is 0 Å². The second-order valence-electron chi connectivity index (χ2n) is 14.9. The molecule has 57 heavy (non-hydrogen) atoms. The fraction of sp³-hybridized carbons (Fsp3) is 0.404. The number of ether oxygens (including phenoxy) is 2. The van der Waals surface area contributed by atoms with Gasteiger partial charge in [-0.1, -0.05) is 162 Å². The van der Waals surface area contributed by atoms with Crippen molar-refractivity contribution in [2.24, 2.45) is 11.8 Å². The first-order valence-electron chi connectivity index (χ1n) is 19.2. The molecule has 3 unspecified atom stereocenters. The smallest absolute Gasteiger partial charge is 0.152 e. The first-order valence-corrected chi connectivity index (χ1v) is 21.5. The normalized spacial score (nSPS) is 12.6. The summed E-state index contributed by atoms with van der Waals surface area (Å²) in [7, 11) is 0. The summed E-state index contributed by atoms with van der Waals surface area (Å²) in [6, 6.07) is 14.8. The van der Waals surface area contributed by atoms with Crippen molar-refractivity contribution in [3.63, 3.8) is 0 Å². The van der Waals surface area contributed by atoms with Gasteiger partial charge in [0.15, 0.2) is 11.5 Å². The average Bonchev–Trinajstić information content (AvgIpc) is 3.17. The number of hydrogen-bond donors (Lipinski definition) is 2. The molecule has 0 saturated carbocycles. The van der Waals surface area contributed by atoms with Crippen LogP contribution in [0, 0.1) is 25.7 Å². The molecule has 0 aliphatic heterocycles. The van der Waals surface area contributed by atoms with Gasteiger partial charge in [-0.15, -0.1) is 6.58 Å². The summed E-state index contributed by atoms with van der Waals surface area (Å²) in [5, 5.41) is 21.6. The van der Waals surface area contributed by atoms with Gasteiger partial charge in [0.25, 0.3) is 0 Å². The largest absolute Gasteiger partial charge is 0.505 e. The molecule has 4 aromatic rings. The standard InChI is InChI=1S/C23H29Cl3O2.C18H17Cl3O2.C6H12/c1-6-14(2)8-7-9-28-22-15(3)10-16(13-20(22)26)23(4,5)17-11-18(24)21(27)19(25)12-17;1-4-5-23-18-10(2)6-12(9-16(18)21)11(3)13-7-14(19)17(22)15(20)8-13;1-4-6(3)5-2/h10-14,27H,6-9H2,1-5H3;4,6-9,11,22H,1,5H2,2-3H3;4,6H,1,5H2,2-3H3. The van der Waals surface area contributed by atoms with E-state index in [1.54, 1.807) is 30.3 Å². The van der Waals surface area contributed by atoms with Crippen molar-refractivity contribution < 1.29 is 19.7 Å². The Kier molecular flexibility index (Phi) is 21.0. The Labute approximate surface area is 371 Å². The molecule has 0 fully saturated rings. The van der Waals surface area contributed by atoms with Crippen molar-refractivity contribution in [2.75, 3.05) is 13.2 Å². The van der Waals surface area contributed by atoms with Crippen LogP contribution in [0.2, 0.25) is 30.1 Å². The molecule has 4 aromatic carbocycles. The van der Waals surface area contributed by atoms with Gasteiger partial charge in [0, 0.05) is 11.3 Å². The first-order chi connectivity index (χ1) is 26.7. The van der Waals surface area contributed by atoms with Gasteiger partial charge >= 0.3 is 0 Å². The SMILES string of the molecule is C=CC(C)CC.C=CCOc1c(C)cc(C(C)c2cc(Cl)c(O)c(Cl)c2)cc1Cl.CCC(C)CCCOc1c(C)cc(C(C)(C)c2cc(Cl)c(O)c(Cl)c2)cc1Cl. The number of hydrogen-bond acceptors (Lipinski definition) is 4. The molecule has 3 atom stereocenters. The highest BCUT2D eigenvalue weighted by Gasteiger charge is 2.27. The Morgan fingerprint density at radius 2 is 1.09 bits per heavy atom. The van der Waals surface area contributed by atoms with E-state index in [2.05, 4.69) is 60.8 Å². The predicted octanol–water partition coefficient (Wildman–Crippen LogP) is 16.8. The van der Waals surface area contributed by atoms with E-state index < -0.39 is 5.41 Å². The summed E-state index contributed by atoms with van der Waals surface area (Å²) in [5.74, 6) is 2.62. The minimum atomic E-state index is -0.398. The van der Waals surface area contributed by atoms with E-state index in [0.717, 1.165) is 52.0 Å². The van der Waals surface area contributed by atoms with Gasteiger partial charge in [0.05, 0.1) is 36.7 Å². The van der Waals surface area contributed by atoms with Crippen LogP contribution < -0.4 is 9.47 Å². The number of benzene rings is 4. The molecule has 0 aliphatic rings. The van der Waals surface area contributed by atoms with Crippen LogP contribution in [0.15, 0.2) is 73.8 Å². The maximum Gasteiger partial charge on any atom is 0.152 e. The molecular weight excluding hydrogens is 841 g/mol. The lowest BCUT2D eigenvalue weighted by molar-refractivity contribution is 0.292. The van der Waals surface area contributed by atoms with Crippen LogP contribution >= 0.6 is 69.6 Å². The van der Waals surface area contributed by atoms with E-state index in [0.29, 0.717) is 40.8 Å². The Balaban J connectivity index is 0.000000349. The number of rotatable bonds is 15. The highest BCUT2D eigenvalue weighted by atomic mass is 35.5. The molecule has 0 aromatic heterocycles. The van der Waals surface area contributed by atoms with Gasteiger partial charge in [0.2, 0.25) is 0 Å². The van der Waals surface area contributed by atoms with E-state index in [9.17, 15) is 10.2 Å². The van der Waals surface area contributed by atoms with E-state index in [1.165, 1.54) is 12.8 Å². The Morgan fingerprint density at radius 3 is 1.54 bits per heavy atom. The van der Waals surface area contributed by atoms with Gasteiger partial charge in [-0.25, -0.2) is 0 Å². The molecule has 0 spiro atoms. The first kappa shape index (κ1) is 50.4. The van der Waals surface area contributed by atoms with Gasteiger partial charge in [-0.3, -0.25) is 0 Å². The summed E-state index contributed by atoms with van der Waals surface area (Å²) < 4.78 is 11.6. The summed E-state index contributed by atoms with van der Waals surface area (Å²) >= 11 is 37.2. The molecular formula is C47H58Cl6O4. The lowest BCUT2D eigenvalue weighted by atomic mass is 9.77. The van der Waals surface area contributed by atoms with Gasteiger partial charge < -0.3 is 19.7 Å². The molecule has 4 nitrogen and oxygen atoms in total. The Hall–Kier alpha value is -2.70. The number of aryl methyl sites for hydroxylation is 2. The fourth-order valence-electron chi connectivity index (χ4n) is 5.70. The molecule has 0 saturated heterocycles. The predicted molar refractivity (Wildman–Crippen MR) is 248 cm³/mol. The zero-order chi connectivity index (χ0) is 43.2. The molecule has 10 heteroatoms. The van der Waals surface area contributed by atoms with Gasteiger partial charge in [0.1, 0.15) is 18.1 Å². The van der Waals surface area contributed by atoms with Crippen molar-refractivity contribution in [1.29, 1.82) is 0 Å². The summed E-state index contributed by atoms with van der Waals surface area (Å²) in [6.45, 7) is 27.2. The molecule has 0 heterocycles. The summed E-state index contributed by atoms with van der Waals surface area (Å²) in [6.07, 6.45) is 8.22. The lowest BCUT2D eigenvalue weighted by Crippen LogP contribution is -2.19. The van der Waals surface area contributed by atoms with Crippen LogP contribution in [-0.2, 0) is 5.41 Å². The van der Waals surface area contributed by atoms with Crippen molar-refractivity contribution in [1.82, 2.24) is 0 Å². The number of phenolic OH excluding ortho intramolecular Hbond substituents is 2. The van der Waals surface area contributed by atoms with Crippen LogP contribution in [0.1, 0.15) is 113 Å². The third kappa shape index (κ3) is 14.5. The van der Waals surface area contributed by atoms with Crippen molar-refractivity contribution in [3.05, 3.63) is 137 Å². The molecule has 0 bridgehead atoms. The minimum Gasteiger partial charge on any atom is -0.505 e. The number of phenols is 2. The van der Waals surface area contributed by atoms with E-state index in [4.69, 9.17) is 79.1 Å². The lowest BCUT2D eigenvalue weighted by Gasteiger charge is -2.28. The zero-order valence-corrected chi connectivity index (χ0v) is 39.2. The topological polar surface area (TPSA) is 58.9 Å². The van der Waals surface area contributed by atoms with Crippen molar-refractivity contribution >= 4 is 69.6 Å². The average molecular weight is 900 g/mol. The highest BCUT2D eigenvalue weighted by Crippen LogP contribution is 2.43. The van der Waals surface area contributed by atoms with Crippen molar-refractivity contribution in [3.8, 4) is 23.0 Å². The van der Waals surface area contributed by atoms with Crippen LogP contribution in [-0.4, -0.2) is 23.4 Å². The molecule has 0 amide bonds. The maximum atomic E-state index is 9.84. The third-order valence-corrected chi connectivity index (χ3v) is 11.9. The van der Waals surface area contributed by atoms with Crippen molar-refractivity contribution in [2.45, 2.75) is 99.3 Å². The van der Waals surface area contributed by atoms with E-state index >= 15 is 0 Å². The van der Waals surface area contributed by atoms with Crippen LogP contribution in [0.4, 0.5) is 0 Å². The second kappa shape index (κ2) is 23.8. The quantitative estimate of drug-likeness (QED) is 0.0922. The minimum absolute atomic E-state index is 0.00949. The molecule has 312 valence electrons. The van der Waals surface area contributed by atoms with Gasteiger partial charge in [-0.05, 0) is 108 Å². The number of allylic oxidation sites excluding steroid dienone is 1.